The lowest BCUT2D eigenvalue weighted by molar-refractivity contribution is 0.0698. The van der Waals surface area contributed by atoms with Crippen molar-refractivity contribution in [2.75, 3.05) is 4.72 Å². The Morgan fingerprint density at radius 1 is 1.29 bits per heavy atom. The van der Waals surface area contributed by atoms with E-state index in [1.807, 2.05) is 0 Å². The summed E-state index contributed by atoms with van der Waals surface area (Å²) in [5.74, 6) is -1.11. The van der Waals surface area contributed by atoms with Crippen molar-refractivity contribution in [1.82, 2.24) is 10.2 Å². The fraction of sp³-hybridized carbons (Fsp3) is 0. The third kappa shape index (κ3) is 2.36. The molecule has 3 rings (SSSR count). The molecule has 0 bridgehead atoms. The van der Waals surface area contributed by atoms with Gasteiger partial charge in [0.15, 0.2) is 0 Å². The number of carboxylic acid groups (broad SMARTS) is 1. The molecule has 1 aromatic carbocycles. The maximum atomic E-state index is 12.5. The molecule has 21 heavy (non-hydrogen) atoms. The molecule has 2 aromatic heterocycles. The van der Waals surface area contributed by atoms with Gasteiger partial charge in [-0.1, -0.05) is 18.2 Å². The smallest absolute Gasteiger partial charge is 0.347 e. The van der Waals surface area contributed by atoms with Crippen LogP contribution in [0, 0.1) is 0 Å². The Labute approximate surface area is 123 Å². The van der Waals surface area contributed by atoms with Crippen molar-refractivity contribution in [1.29, 1.82) is 0 Å². The molecule has 0 radical (unpaired) electrons. The molecule has 0 atom stereocenters. The van der Waals surface area contributed by atoms with Crippen LogP contribution in [-0.4, -0.2) is 29.7 Å². The molecule has 0 aliphatic carbocycles. The van der Waals surface area contributed by atoms with Crippen molar-refractivity contribution < 1.29 is 18.3 Å². The van der Waals surface area contributed by atoms with Gasteiger partial charge in [0.2, 0.25) is 0 Å². The number of aromatic nitrogens is 2. The number of anilines is 1. The SMILES string of the molecule is O=C(O)c1sc2ccccc2c1S(=O)(=O)Nc1ccn[nH]1. The monoisotopic (exact) mass is 323 g/mol. The average molecular weight is 323 g/mol. The molecule has 7 nitrogen and oxygen atoms in total. The summed E-state index contributed by atoms with van der Waals surface area (Å²) in [6.45, 7) is 0. The lowest BCUT2D eigenvalue weighted by Gasteiger charge is -2.06. The van der Waals surface area contributed by atoms with Gasteiger partial charge in [-0.3, -0.25) is 9.82 Å². The van der Waals surface area contributed by atoms with E-state index in [1.54, 1.807) is 24.3 Å². The van der Waals surface area contributed by atoms with Crippen molar-refractivity contribution in [2.45, 2.75) is 4.90 Å². The summed E-state index contributed by atoms with van der Waals surface area (Å²) in [7, 11) is -4.03. The van der Waals surface area contributed by atoms with Crippen LogP contribution in [0.5, 0.6) is 0 Å². The molecule has 0 aliphatic heterocycles. The van der Waals surface area contributed by atoms with Crippen LogP contribution in [0.15, 0.2) is 41.4 Å². The molecule has 0 saturated carbocycles. The molecule has 3 N–H and O–H groups in total. The number of aromatic carboxylic acids is 1. The van der Waals surface area contributed by atoms with E-state index in [-0.39, 0.29) is 15.6 Å². The van der Waals surface area contributed by atoms with Gasteiger partial charge in [0, 0.05) is 16.2 Å². The van der Waals surface area contributed by atoms with Crippen LogP contribution in [0.4, 0.5) is 5.82 Å². The first-order valence-corrected chi connectivity index (χ1v) is 8.06. The second kappa shape index (κ2) is 4.86. The molecule has 0 spiro atoms. The fourth-order valence-electron chi connectivity index (χ4n) is 1.94. The molecule has 0 aliphatic rings. The minimum absolute atomic E-state index is 0.168. The first-order chi connectivity index (χ1) is 9.99. The summed E-state index contributed by atoms with van der Waals surface area (Å²) in [5, 5.41) is 15.7. The number of hydrogen-bond acceptors (Lipinski definition) is 5. The summed E-state index contributed by atoms with van der Waals surface area (Å²) in [6.07, 6.45) is 1.39. The van der Waals surface area contributed by atoms with E-state index < -0.39 is 16.0 Å². The van der Waals surface area contributed by atoms with Gasteiger partial charge >= 0.3 is 5.97 Å². The van der Waals surface area contributed by atoms with E-state index in [1.165, 1.54) is 12.3 Å². The van der Waals surface area contributed by atoms with Gasteiger partial charge in [0.1, 0.15) is 15.6 Å². The molecule has 3 aromatic rings. The molecule has 108 valence electrons. The number of H-pyrrole nitrogens is 1. The summed E-state index contributed by atoms with van der Waals surface area (Å²) in [5.41, 5.74) is 0. The largest absolute Gasteiger partial charge is 0.477 e. The number of nitrogens with zero attached hydrogens (tertiary/aromatic N) is 1. The number of carboxylic acids is 1. The standard InChI is InChI=1S/C12H9N3O4S2/c16-12(17)10-11(7-3-1-2-4-8(7)20-10)21(18,19)15-9-5-6-13-14-9/h1-6H,(H,16,17)(H2,13,14,15). The van der Waals surface area contributed by atoms with Crippen LogP contribution in [0.25, 0.3) is 10.1 Å². The van der Waals surface area contributed by atoms with E-state index in [0.717, 1.165) is 11.3 Å². The molecule has 9 heteroatoms. The van der Waals surface area contributed by atoms with Gasteiger partial charge in [-0.15, -0.1) is 11.3 Å². The maximum absolute atomic E-state index is 12.5. The number of sulfonamides is 1. The Morgan fingerprint density at radius 3 is 2.71 bits per heavy atom. The van der Waals surface area contributed by atoms with E-state index in [0.29, 0.717) is 10.1 Å². The van der Waals surface area contributed by atoms with Gasteiger partial charge in [0.25, 0.3) is 10.0 Å². The molecule has 0 fully saturated rings. The van der Waals surface area contributed by atoms with Crippen molar-refractivity contribution in [3.63, 3.8) is 0 Å². The minimum atomic E-state index is -4.03. The predicted octanol–water partition coefficient (Wildman–Crippen LogP) is 2.12. The normalized spacial score (nSPS) is 11.6. The highest BCUT2D eigenvalue weighted by Crippen LogP contribution is 2.35. The number of rotatable bonds is 4. The van der Waals surface area contributed by atoms with Crippen molar-refractivity contribution in [2.24, 2.45) is 0 Å². The summed E-state index contributed by atoms with van der Waals surface area (Å²) in [6, 6.07) is 8.09. The number of thiophene rings is 1. The van der Waals surface area contributed by atoms with Crippen molar-refractivity contribution in [3.05, 3.63) is 41.4 Å². The van der Waals surface area contributed by atoms with Gasteiger partial charge in [-0.05, 0) is 6.07 Å². The Bertz CT molecular complexity index is 913. The van der Waals surface area contributed by atoms with Gasteiger partial charge < -0.3 is 5.11 Å². The average Bonchev–Trinajstić information content (AvgIpc) is 3.04. The molecule has 2 heterocycles. The fourth-order valence-corrected chi connectivity index (χ4v) is 4.70. The van der Waals surface area contributed by atoms with Gasteiger partial charge in [-0.2, -0.15) is 5.10 Å². The second-order valence-electron chi connectivity index (χ2n) is 4.14. The first-order valence-electron chi connectivity index (χ1n) is 5.76. The summed E-state index contributed by atoms with van der Waals surface area (Å²) < 4.78 is 27.9. The first kappa shape index (κ1) is 13.6. The van der Waals surface area contributed by atoms with E-state index >= 15 is 0 Å². The zero-order valence-electron chi connectivity index (χ0n) is 10.4. The van der Waals surface area contributed by atoms with Crippen LogP contribution >= 0.6 is 11.3 Å². The van der Waals surface area contributed by atoms with Crippen LogP contribution < -0.4 is 4.72 Å². The number of carbonyl (C=O) groups is 1. The van der Waals surface area contributed by atoms with Crippen LogP contribution in [-0.2, 0) is 10.0 Å². The molecule has 0 saturated heterocycles. The van der Waals surface area contributed by atoms with Gasteiger partial charge in [0.05, 0.1) is 6.20 Å². The Hall–Kier alpha value is -2.39. The number of hydrogen-bond donors (Lipinski definition) is 3. The Balaban J connectivity index is 2.22. The van der Waals surface area contributed by atoms with E-state index in [9.17, 15) is 18.3 Å². The van der Waals surface area contributed by atoms with Crippen LogP contribution in [0.1, 0.15) is 9.67 Å². The number of aromatic amines is 1. The van der Waals surface area contributed by atoms with E-state index in [2.05, 4.69) is 14.9 Å². The highest BCUT2D eigenvalue weighted by molar-refractivity contribution is 7.93. The summed E-state index contributed by atoms with van der Waals surface area (Å²) >= 11 is 0.927. The number of nitrogens with one attached hydrogen (secondary N) is 2. The minimum Gasteiger partial charge on any atom is -0.477 e. The topological polar surface area (TPSA) is 112 Å². The highest BCUT2D eigenvalue weighted by atomic mass is 32.2. The third-order valence-corrected chi connectivity index (χ3v) is 5.50. The van der Waals surface area contributed by atoms with E-state index in [4.69, 9.17) is 0 Å². The molecular weight excluding hydrogens is 314 g/mol. The number of fused-ring (bicyclic) bond motifs is 1. The van der Waals surface area contributed by atoms with Crippen molar-refractivity contribution >= 4 is 43.2 Å². The summed E-state index contributed by atoms with van der Waals surface area (Å²) in [4.78, 5) is 10.9. The zero-order chi connectivity index (χ0) is 15.0. The molecular formula is C12H9N3O4S2. The van der Waals surface area contributed by atoms with Crippen molar-refractivity contribution in [3.8, 4) is 0 Å². The highest BCUT2D eigenvalue weighted by Gasteiger charge is 2.28. The second-order valence-corrected chi connectivity index (χ2v) is 6.81. The van der Waals surface area contributed by atoms with Gasteiger partial charge in [-0.25, -0.2) is 13.2 Å². The Morgan fingerprint density at radius 2 is 2.05 bits per heavy atom. The lowest BCUT2D eigenvalue weighted by Crippen LogP contribution is -2.15. The maximum Gasteiger partial charge on any atom is 0.347 e. The Kier molecular flexibility index (Phi) is 3.15. The quantitative estimate of drug-likeness (QED) is 0.681. The zero-order valence-corrected chi connectivity index (χ0v) is 12.0. The third-order valence-electron chi connectivity index (χ3n) is 2.76. The van der Waals surface area contributed by atoms with Crippen LogP contribution in [0.2, 0.25) is 0 Å². The molecule has 0 amide bonds. The van der Waals surface area contributed by atoms with Crippen LogP contribution in [0.3, 0.4) is 0 Å². The number of benzene rings is 1. The predicted molar refractivity (Wildman–Crippen MR) is 78.2 cm³/mol. The molecule has 0 unspecified atom stereocenters. The lowest BCUT2D eigenvalue weighted by atomic mass is 10.2.